The minimum Gasteiger partial charge on any atom is -0.507 e. The number of ketones is 1. The van der Waals surface area contributed by atoms with Crippen LogP contribution < -0.4 is 0 Å². The van der Waals surface area contributed by atoms with Gasteiger partial charge in [0.05, 0.1) is 21.7 Å². The smallest absolute Gasteiger partial charge is 0.295 e. The molecule has 0 aliphatic carbocycles. The van der Waals surface area contributed by atoms with Crippen LogP contribution in [0, 0.1) is 0 Å². The summed E-state index contributed by atoms with van der Waals surface area (Å²) in [4.78, 5) is 29.0. The van der Waals surface area contributed by atoms with Crippen molar-refractivity contribution in [2.75, 3.05) is 27.2 Å². The molecule has 7 heteroatoms. The van der Waals surface area contributed by atoms with Crippen molar-refractivity contribution in [3.63, 3.8) is 0 Å². The number of aliphatic hydroxyl groups excluding tert-OH is 1. The third-order valence-corrected chi connectivity index (χ3v) is 5.37. The second kappa shape index (κ2) is 8.35. The highest BCUT2D eigenvalue weighted by Crippen LogP contribution is 2.40. The average Bonchev–Trinajstić information content (AvgIpc) is 2.93. The number of hydrogen-bond donors (Lipinski definition) is 1. The monoisotopic (exact) mass is 418 g/mol. The number of hydrogen-bond acceptors (Lipinski definition) is 4. The van der Waals surface area contributed by atoms with E-state index in [1.807, 2.05) is 25.1 Å². The van der Waals surface area contributed by atoms with E-state index in [9.17, 15) is 14.7 Å². The molecule has 3 rings (SSSR count). The molecule has 5 nitrogen and oxygen atoms in total. The third-order valence-electron chi connectivity index (χ3n) is 4.63. The lowest BCUT2D eigenvalue weighted by atomic mass is 9.95. The molecule has 1 heterocycles. The zero-order chi connectivity index (χ0) is 20.4. The molecule has 0 spiro atoms. The predicted octanol–water partition coefficient (Wildman–Crippen LogP) is 3.98. The molecular formula is C21H20Cl2N2O3. The second-order valence-corrected chi connectivity index (χ2v) is 7.65. The molecule has 0 aromatic heterocycles. The lowest BCUT2D eigenvalue weighted by Gasteiger charge is -2.26. The Morgan fingerprint density at radius 1 is 1.07 bits per heavy atom. The van der Waals surface area contributed by atoms with Gasteiger partial charge in [-0.3, -0.25) is 9.59 Å². The van der Waals surface area contributed by atoms with Gasteiger partial charge in [0.2, 0.25) is 0 Å². The fourth-order valence-electron chi connectivity index (χ4n) is 3.20. The van der Waals surface area contributed by atoms with E-state index in [2.05, 4.69) is 0 Å². The maximum Gasteiger partial charge on any atom is 0.295 e. The summed E-state index contributed by atoms with van der Waals surface area (Å²) in [5.74, 6) is -1.56. The summed E-state index contributed by atoms with van der Waals surface area (Å²) in [7, 11) is 3.77. The Labute approximate surface area is 173 Å². The first-order chi connectivity index (χ1) is 13.3. The molecule has 1 unspecified atom stereocenters. The number of carbonyl (C=O) groups excluding carboxylic acids is 2. The summed E-state index contributed by atoms with van der Waals surface area (Å²) in [6.07, 6.45) is 0. The van der Waals surface area contributed by atoms with Crippen molar-refractivity contribution in [1.82, 2.24) is 9.80 Å². The number of Topliss-reactive ketones (excluding diaryl/α,β-unsaturated/α-hetero) is 1. The first-order valence-electron chi connectivity index (χ1n) is 8.74. The van der Waals surface area contributed by atoms with E-state index in [0.29, 0.717) is 34.3 Å². The third kappa shape index (κ3) is 3.92. The van der Waals surface area contributed by atoms with Gasteiger partial charge >= 0.3 is 0 Å². The molecule has 28 heavy (non-hydrogen) atoms. The molecule has 1 aliphatic rings. The SMILES string of the molecule is CN(C)CCN1C(=O)C(=O)/C(=C(\O)c2ccccc2)C1c1ccc(Cl)c(Cl)c1. The summed E-state index contributed by atoms with van der Waals surface area (Å²) in [6, 6.07) is 12.9. The molecule has 1 N–H and O–H groups in total. The Bertz CT molecular complexity index is 942. The van der Waals surface area contributed by atoms with Gasteiger partial charge < -0.3 is 14.9 Å². The summed E-state index contributed by atoms with van der Waals surface area (Å²) in [6.45, 7) is 0.893. The van der Waals surface area contributed by atoms with Gasteiger partial charge in [-0.15, -0.1) is 0 Å². The molecule has 1 amide bonds. The normalized spacial score (nSPS) is 18.9. The summed E-state index contributed by atoms with van der Waals surface area (Å²) >= 11 is 12.2. The van der Waals surface area contributed by atoms with Gasteiger partial charge in [-0.25, -0.2) is 0 Å². The molecule has 0 radical (unpaired) electrons. The lowest BCUT2D eigenvalue weighted by molar-refractivity contribution is -0.140. The van der Waals surface area contributed by atoms with Gasteiger partial charge in [-0.1, -0.05) is 59.6 Å². The van der Waals surface area contributed by atoms with Gasteiger partial charge in [-0.05, 0) is 31.8 Å². The Morgan fingerprint density at radius 3 is 2.36 bits per heavy atom. The van der Waals surface area contributed by atoms with Crippen molar-refractivity contribution in [2.45, 2.75) is 6.04 Å². The molecule has 1 saturated heterocycles. The Morgan fingerprint density at radius 2 is 1.75 bits per heavy atom. The van der Waals surface area contributed by atoms with E-state index in [-0.39, 0.29) is 11.3 Å². The van der Waals surface area contributed by atoms with Crippen molar-refractivity contribution in [2.24, 2.45) is 0 Å². The maximum absolute atomic E-state index is 12.8. The fourth-order valence-corrected chi connectivity index (χ4v) is 3.51. The predicted molar refractivity (Wildman–Crippen MR) is 110 cm³/mol. The van der Waals surface area contributed by atoms with Crippen LogP contribution in [0.25, 0.3) is 5.76 Å². The largest absolute Gasteiger partial charge is 0.507 e. The second-order valence-electron chi connectivity index (χ2n) is 6.84. The summed E-state index contributed by atoms with van der Waals surface area (Å²) < 4.78 is 0. The maximum atomic E-state index is 12.8. The first-order valence-corrected chi connectivity index (χ1v) is 9.50. The zero-order valence-corrected chi connectivity index (χ0v) is 17.0. The fraction of sp³-hybridized carbons (Fsp3) is 0.238. The van der Waals surface area contributed by atoms with Crippen molar-refractivity contribution >= 4 is 40.7 Å². The van der Waals surface area contributed by atoms with E-state index in [4.69, 9.17) is 23.2 Å². The first kappa shape index (κ1) is 20.4. The van der Waals surface area contributed by atoms with Gasteiger partial charge in [0.25, 0.3) is 11.7 Å². The minimum absolute atomic E-state index is 0.0494. The number of likely N-dealkylation sites (N-methyl/N-ethyl adjacent to an activating group) is 1. The molecule has 2 aromatic carbocycles. The number of benzene rings is 2. The number of halogens is 2. The average molecular weight is 419 g/mol. The molecular weight excluding hydrogens is 399 g/mol. The molecule has 2 aromatic rings. The number of amides is 1. The van der Waals surface area contributed by atoms with Crippen LogP contribution >= 0.6 is 23.2 Å². The summed E-state index contributed by atoms with van der Waals surface area (Å²) in [5, 5.41) is 11.6. The lowest BCUT2D eigenvalue weighted by Crippen LogP contribution is -2.35. The van der Waals surface area contributed by atoms with Crippen LogP contribution in [0.4, 0.5) is 0 Å². The van der Waals surface area contributed by atoms with Crippen molar-refractivity contribution in [3.8, 4) is 0 Å². The highest BCUT2D eigenvalue weighted by Gasteiger charge is 2.46. The van der Waals surface area contributed by atoms with Crippen LogP contribution in [-0.4, -0.2) is 53.8 Å². The molecule has 1 aliphatic heterocycles. The van der Waals surface area contributed by atoms with Crippen molar-refractivity contribution < 1.29 is 14.7 Å². The van der Waals surface area contributed by atoms with E-state index < -0.39 is 17.7 Å². The van der Waals surface area contributed by atoms with Crippen LogP contribution in [0.3, 0.4) is 0 Å². The number of likely N-dealkylation sites (tertiary alicyclic amines) is 1. The van der Waals surface area contributed by atoms with Crippen LogP contribution in [0.5, 0.6) is 0 Å². The van der Waals surface area contributed by atoms with Gasteiger partial charge in [-0.2, -0.15) is 0 Å². The highest BCUT2D eigenvalue weighted by molar-refractivity contribution is 6.46. The zero-order valence-electron chi connectivity index (χ0n) is 15.5. The Hall–Kier alpha value is -2.34. The van der Waals surface area contributed by atoms with Crippen LogP contribution in [0.2, 0.25) is 10.0 Å². The number of aliphatic hydroxyl groups is 1. The van der Waals surface area contributed by atoms with E-state index in [0.717, 1.165) is 0 Å². The van der Waals surface area contributed by atoms with E-state index in [1.165, 1.54) is 4.90 Å². The standard InChI is InChI=1S/C21H20Cl2N2O3/c1-24(2)10-11-25-18(14-8-9-15(22)16(23)12-14)17(20(27)21(25)28)19(26)13-6-4-3-5-7-13/h3-9,12,18,26H,10-11H2,1-2H3/b19-17-. The van der Waals surface area contributed by atoms with E-state index >= 15 is 0 Å². The molecule has 0 saturated carbocycles. The van der Waals surface area contributed by atoms with Gasteiger partial charge in [0, 0.05) is 18.7 Å². The molecule has 1 atom stereocenters. The Balaban J connectivity index is 2.16. The van der Waals surface area contributed by atoms with Crippen molar-refractivity contribution in [3.05, 3.63) is 75.3 Å². The number of nitrogens with zero attached hydrogens (tertiary/aromatic N) is 2. The van der Waals surface area contributed by atoms with Crippen LogP contribution in [0.15, 0.2) is 54.1 Å². The van der Waals surface area contributed by atoms with Crippen LogP contribution in [0.1, 0.15) is 17.2 Å². The molecule has 0 bridgehead atoms. The van der Waals surface area contributed by atoms with Gasteiger partial charge in [0.1, 0.15) is 5.76 Å². The Kier molecular flexibility index (Phi) is 6.08. The topological polar surface area (TPSA) is 60.9 Å². The summed E-state index contributed by atoms with van der Waals surface area (Å²) in [5.41, 5.74) is 1.14. The number of carbonyl (C=O) groups is 2. The van der Waals surface area contributed by atoms with Crippen LogP contribution in [-0.2, 0) is 9.59 Å². The van der Waals surface area contributed by atoms with Gasteiger partial charge in [0.15, 0.2) is 0 Å². The molecule has 1 fully saturated rings. The minimum atomic E-state index is -0.741. The highest BCUT2D eigenvalue weighted by atomic mass is 35.5. The quantitative estimate of drug-likeness (QED) is 0.453. The van der Waals surface area contributed by atoms with E-state index in [1.54, 1.807) is 42.5 Å². The van der Waals surface area contributed by atoms with Crippen molar-refractivity contribution in [1.29, 1.82) is 0 Å². The molecule has 146 valence electrons. The number of rotatable bonds is 5.